The van der Waals surface area contributed by atoms with Crippen molar-refractivity contribution in [2.75, 3.05) is 0 Å². The summed E-state index contributed by atoms with van der Waals surface area (Å²) in [4.78, 5) is 12.0. The molecule has 1 aliphatic heterocycles. The van der Waals surface area contributed by atoms with Gasteiger partial charge < -0.3 is 9.47 Å². The molecule has 0 amide bonds. The maximum absolute atomic E-state index is 12.0. The van der Waals surface area contributed by atoms with Crippen molar-refractivity contribution < 1.29 is 14.3 Å². The zero-order valence-electron chi connectivity index (χ0n) is 9.55. The highest BCUT2D eigenvalue weighted by atomic mass is 16.8. The van der Waals surface area contributed by atoms with Crippen LogP contribution in [0, 0.1) is 23.7 Å². The van der Waals surface area contributed by atoms with Crippen molar-refractivity contribution in [3.8, 4) is 0 Å². The molecule has 4 aliphatic rings. The standard InChI is InChI=1S/C13H16O3/c1-13(2)15-9-5-8-6-3-4-7(11(6)14)10(8)12(9)16-13/h3-4,6-10,12H,5H2,1-2H3/t6-,7+,8+,9-,10-,12-/m1/s1. The second-order valence-electron chi connectivity index (χ2n) is 5.95. The van der Waals surface area contributed by atoms with Crippen LogP contribution in [-0.2, 0) is 14.3 Å². The molecule has 0 radical (unpaired) electrons. The Bertz CT molecular complexity index is 398. The molecular formula is C13H16O3. The van der Waals surface area contributed by atoms with Gasteiger partial charge >= 0.3 is 0 Å². The predicted molar refractivity (Wildman–Crippen MR) is 56.5 cm³/mol. The highest BCUT2D eigenvalue weighted by Crippen LogP contribution is 2.57. The van der Waals surface area contributed by atoms with Crippen molar-refractivity contribution in [3.05, 3.63) is 12.2 Å². The van der Waals surface area contributed by atoms with Gasteiger partial charge in [-0.2, -0.15) is 0 Å². The van der Waals surface area contributed by atoms with Crippen molar-refractivity contribution in [2.24, 2.45) is 23.7 Å². The van der Waals surface area contributed by atoms with E-state index in [1.165, 1.54) is 0 Å². The van der Waals surface area contributed by atoms with Gasteiger partial charge in [-0.15, -0.1) is 0 Å². The Kier molecular flexibility index (Phi) is 1.52. The molecule has 86 valence electrons. The number of fused-ring (bicyclic) bond motifs is 7. The van der Waals surface area contributed by atoms with Crippen LogP contribution < -0.4 is 0 Å². The van der Waals surface area contributed by atoms with Gasteiger partial charge in [0.05, 0.1) is 12.2 Å². The summed E-state index contributed by atoms with van der Waals surface area (Å²) in [5, 5.41) is 0. The molecule has 16 heavy (non-hydrogen) atoms. The average molecular weight is 220 g/mol. The van der Waals surface area contributed by atoms with E-state index in [1.807, 2.05) is 13.8 Å². The summed E-state index contributed by atoms with van der Waals surface area (Å²) in [5.41, 5.74) is 0. The summed E-state index contributed by atoms with van der Waals surface area (Å²) < 4.78 is 11.9. The molecule has 1 saturated heterocycles. The van der Waals surface area contributed by atoms with Gasteiger partial charge in [0.2, 0.25) is 0 Å². The lowest BCUT2D eigenvalue weighted by atomic mass is 9.85. The number of ketones is 1. The Morgan fingerprint density at radius 2 is 2.00 bits per heavy atom. The first-order valence-electron chi connectivity index (χ1n) is 6.14. The monoisotopic (exact) mass is 220 g/mol. The van der Waals surface area contributed by atoms with Gasteiger partial charge in [-0.1, -0.05) is 12.2 Å². The first kappa shape index (κ1) is 9.37. The fourth-order valence-corrected chi connectivity index (χ4v) is 4.22. The second kappa shape index (κ2) is 2.59. The van der Waals surface area contributed by atoms with Gasteiger partial charge in [0.25, 0.3) is 0 Å². The number of carbonyl (C=O) groups is 1. The van der Waals surface area contributed by atoms with E-state index in [-0.39, 0.29) is 24.0 Å². The maximum atomic E-state index is 12.0. The quantitative estimate of drug-likeness (QED) is 0.581. The largest absolute Gasteiger partial charge is 0.345 e. The Morgan fingerprint density at radius 1 is 1.25 bits per heavy atom. The van der Waals surface area contributed by atoms with Crippen LogP contribution in [0.2, 0.25) is 0 Å². The summed E-state index contributed by atoms with van der Waals surface area (Å²) in [6.07, 6.45) is 5.54. The average Bonchev–Trinajstić information content (AvgIpc) is 2.83. The molecular weight excluding hydrogens is 204 g/mol. The lowest BCUT2D eigenvalue weighted by Gasteiger charge is -2.26. The van der Waals surface area contributed by atoms with Crippen LogP contribution in [-0.4, -0.2) is 23.8 Å². The summed E-state index contributed by atoms with van der Waals surface area (Å²) in [7, 11) is 0. The molecule has 3 nitrogen and oxygen atoms in total. The van der Waals surface area contributed by atoms with E-state index in [0.717, 1.165) is 6.42 Å². The van der Waals surface area contributed by atoms with Crippen LogP contribution in [0.1, 0.15) is 20.3 Å². The summed E-state index contributed by atoms with van der Waals surface area (Å²) >= 11 is 0. The molecule has 2 saturated carbocycles. The van der Waals surface area contributed by atoms with Gasteiger partial charge in [0.1, 0.15) is 5.78 Å². The highest BCUT2D eigenvalue weighted by Gasteiger charge is 2.63. The molecule has 0 spiro atoms. The summed E-state index contributed by atoms with van der Waals surface area (Å²) in [6, 6.07) is 0. The maximum Gasteiger partial charge on any atom is 0.163 e. The van der Waals surface area contributed by atoms with Crippen molar-refractivity contribution in [1.82, 2.24) is 0 Å². The number of rotatable bonds is 0. The molecule has 0 aromatic rings. The van der Waals surface area contributed by atoms with E-state index in [2.05, 4.69) is 12.2 Å². The molecule has 3 fully saturated rings. The normalized spacial score (nSPS) is 55.8. The topological polar surface area (TPSA) is 35.5 Å². The molecule has 2 bridgehead atoms. The Labute approximate surface area is 94.8 Å². The zero-order valence-corrected chi connectivity index (χ0v) is 9.55. The third-order valence-corrected chi connectivity index (χ3v) is 4.66. The number of hydrogen-bond acceptors (Lipinski definition) is 3. The molecule has 0 N–H and O–H groups in total. The van der Waals surface area contributed by atoms with Crippen LogP contribution in [0.4, 0.5) is 0 Å². The molecule has 1 heterocycles. The molecule has 4 rings (SSSR count). The first-order valence-corrected chi connectivity index (χ1v) is 6.14. The van der Waals surface area contributed by atoms with E-state index in [4.69, 9.17) is 9.47 Å². The van der Waals surface area contributed by atoms with Crippen molar-refractivity contribution >= 4 is 5.78 Å². The fourth-order valence-electron chi connectivity index (χ4n) is 4.22. The van der Waals surface area contributed by atoms with Crippen molar-refractivity contribution in [2.45, 2.75) is 38.3 Å². The number of carbonyl (C=O) groups excluding carboxylic acids is 1. The van der Waals surface area contributed by atoms with E-state index < -0.39 is 5.79 Å². The molecule has 6 atom stereocenters. The molecule has 3 heteroatoms. The Balaban J connectivity index is 1.70. The summed E-state index contributed by atoms with van der Waals surface area (Å²) in [5.74, 6) is 1.09. The lowest BCUT2D eigenvalue weighted by Crippen LogP contribution is -2.30. The number of hydrogen-bond donors (Lipinski definition) is 0. The van der Waals surface area contributed by atoms with Crippen LogP contribution in [0.3, 0.4) is 0 Å². The molecule has 0 unspecified atom stereocenters. The van der Waals surface area contributed by atoms with Crippen LogP contribution in [0.5, 0.6) is 0 Å². The van der Waals surface area contributed by atoms with Crippen LogP contribution in [0.25, 0.3) is 0 Å². The third-order valence-electron chi connectivity index (χ3n) is 4.66. The third kappa shape index (κ3) is 0.944. The number of allylic oxidation sites excluding steroid dienone is 2. The smallest absolute Gasteiger partial charge is 0.163 e. The molecule has 0 aromatic heterocycles. The summed E-state index contributed by atoms with van der Waals surface area (Å²) in [6.45, 7) is 3.93. The van der Waals surface area contributed by atoms with E-state index in [0.29, 0.717) is 17.6 Å². The number of ether oxygens (including phenoxy) is 2. The van der Waals surface area contributed by atoms with E-state index in [9.17, 15) is 4.79 Å². The zero-order chi connectivity index (χ0) is 11.1. The van der Waals surface area contributed by atoms with Gasteiger partial charge in [-0.3, -0.25) is 4.79 Å². The predicted octanol–water partition coefficient (Wildman–Crippen LogP) is 1.53. The van der Waals surface area contributed by atoms with Crippen LogP contribution in [0.15, 0.2) is 12.2 Å². The molecule has 0 aromatic carbocycles. The van der Waals surface area contributed by atoms with Gasteiger partial charge in [0, 0.05) is 17.8 Å². The minimum Gasteiger partial charge on any atom is -0.345 e. The number of Topliss-reactive ketones (excluding diaryl/α,β-unsaturated/α-hetero) is 1. The minimum absolute atomic E-state index is 0.113. The van der Waals surface area contributed by atoms with Crippen molar-refractivity contribution in [3.63, 3.8) is 0 Å². The highest BCUT2D eigenvalue weighted by molar-refractivity contribution is 5.92. The Morgan fingerprint density at radius 3 is 2.81 bits per heavy atom. The first-order chi connectivity index (χ1) is 7.57. The lowest BCUT2D eigenvalue weighted by molar-refractivity contribution is -0.160. The second-order valence-corrected chi connectivity index (χ2v) is 5.95. The molecule has 3 aliphatic carbocycles. The fraction of sp³-hybridized carbons (Fsp3) is 0.769. The van der Waals surface area contributed by atoms with E-state index in [1.54, 1.807) is 0 Å². The Hall–Kier alpha value is -0.670. The van der Waals surface area contributed by atoms with Gasteiger partial charge in [0.15, 0.2) is 5.79 Å². The minimum atomic E-state index is -0.463. The van der Waals surface area contributed by atoms with E-state index >= 15 is 0 Å². The van der Waals surface area contributed by atoms with Gasteiger partial charge in [-0.25, -0.2) is 0 Å². The SMILES string of the molecule is CC1(C)O[C@H]2[C@H]3[C@@H](C[C@H]2O1)[C@H]1C=C[C@@H]3C1=O. The van der Waals surface area contributed by atoms with Gasteiger partial charge in [-0.05, 0) is 26.2 Å². The van der Waals surface area contributed by atoms with Crippen molar-refractivity contribution in [1.29, 1.82) is 0 Å². The van der Waals surface area contributed by atoms with Crippen LogP contribution >= 0.6 is 0 Å².